The van der Waals surface area contributed by atoms with Crippen LogP contribution < -0.4 is 10.1 Å². The Labute approximate surface area is 127 Å². The van der Waals surface area contributed by atoms with Crippen molar-refractivity contribution in [3.8, 4) is 5.75 Å². The van der Waals surface area contributed by atoms with Gasteiger partial charge in [0, 0.05) is 36.7 Å². The van der Waals surface area contributed by atoms with Crippen LogP contribution in [0.1, 0.15) is 51.1 Å². The van der Waals surface area contributed by atoms with Crippen molar-refractivity contribution in [3.05, 3.63) is 29.8 Å². The Morgan fingerprint density at radius 1 is 1.19 bits per heavy atom. The number of ether oxygens (including phenoxy) is 1. The van der Waals surface area contributed by atoms with E-state index < -0.39 is 0 Å². The molecule has 3 unspecified atom stereocenters. The van der Waals surface area contributed by atoms with Crippen molar-refractivity contribution in [2.45, 2.75) is 63.3 Å². The molecular formula is C18H26N2O. The zero-order chi connectivity index (χ0) is 14.4. The van der Waals surface area contributed by atoms with Gasteiger partial charge in [-0.1, -0.05) is 18.2 Å². The number of fused-ring (bicyclic) bond motifs is 2. The summed E-state index contributed by atoms with van der Waals surface area (Å²) in [6.45, 7) is 6.98. The number of nitrogens with one attached hydrogen (secondary N) is 1. The van der Waals surface area contributed by atoms with Crippen molar-refractivity contribution < 1.29 is 4.74 Å². The van der Waals surface area contributed by atoms with Crippen molar-refractivity contribution in [2.75, 3.05) is 13.1 Å². The zero-order valence-electron chi connectivity index (χ0n) is 13.1. The molecule has 0 spiro atoms. The van der Waals surface area contributed by atoms with E-state index in [-0.39, 0.29) is 5.60 Å². The lowest BCUT2D eigenvalue weighted by Crippen LogP contribution is -2.46. The summed E-state index contributed by atoms with van der Waals surface area (Å²) >= 11 is 0. The van der Waals surface area contributed by atoms with Crippen molar-refractivity contribution in [3.63, 3.8) is 0 Å². The van der Waals surface area contributed by atoms with E-state index in [4.69, 9.17) is 4.74 Å². The summed E-state index contributed by atoms with van der Waals surface area (Å²) in [7, 11) is 0. The molecule has 2 fully saturated rings. The molecule has 0 saturated carbocycles. The highest BCUT2D eigenvalue weighted by Crippen LogP contribution is 2.40. The first-order valence-corrected chi connectivity index (χ1v) is 8.40. The Hall–Kier alpha value is -1.06. The fourth-order valence-electron chi connectivity index (χ4n) is 4.49. The highest BCUT2D eigenvalue weighted by atomic mass is 16.5. The molecule has 3 nitrogen and oxygen atoms in total. The van der Waals surface area contributed by atoms with E-state index in [1.807, 2.05) is 0 Å². The lowest BCUT2D eigenvalue weighted by molar-refractivity contribution is 0.0627. The van der Waals surface area contributed by atoms with Crippen LogP contribution in [0.4, 0.5) is 0 Å². The number of para-hydroxylation sites is 1. The molecule has 0 radical (unpaired) electrons. The molecule has 21 heavy (non-hydrogen) atoms. The van der Waals surface area contributed by atoms with Gasteiger partial charge in [0.25, 0.3) is 0 Å². The molecule has 1 aromatic rings. The van der Waals surface area contributed by atoms with E-state index >= 15 is 0 Å². The number of hydrogen-bond acceptors (Lipinski definition) is 3. The Bertz CT molecular complexity index is 528. The predicted molar refractivity (Wildman–Crippen MR) is 84.6 cm³/mol. The van der Waals surface area contributed by atoms with Crippen LogP contribution in [0.2, 0.25) is 0 Å². The average Bonchev–Trinajstić information content (AvgIpc) is 3.02. The van der Waals surface area contributed by atoms with Crippen molar-refractivity contribution in [1.82, 2.24) is 10.2 Å². The molecule has 1 aromatic carbocycles. The number of hydrogen-bond donors (Lipinski definition) is 1. The van der Waals surface area contributed by atoms with Crippen LogP contribution in [0, 0.1) is 0 Å². The first kappa shape index (κ1) is 13.6. The Morgan fingerprint density at radius 3 is 2.95 bits per heavy atom. The van der Waals surface area contributed by atoms with Gasteiger partial charge >= 0.3 is 0 Å². The van der Waals surface area contributed by atoms with Gasteiger partial charge in [0.05, 0.1) is 0 Å². The van der Waals surface area contributed by atoms with Gasteiger partial charge in [-0.2, -0.15) is 0 Å². The maximum Gasteiger partial charge on any atom is 0.124 e. The SMILES string of the molecule is CC1(C)CC(NC2CCN3CCCC23)c2ccccc2O1. The topological polar surface area (TPSA) is 24.5 Å². The lowest BCUT2D eigenvalue weighted by atomic mass is 9.88. The van der Waals surface area contributed by atoms with Crippen LogP contribution in [0.25, 0.3) is 0 Å². The second-order valence-corrected chi connectivity index (χ2v) is 7.46. The highest BCUT2D eigenvalue weighted by Gasteiger charge is 2.40. The molecule has 0 amide bonds. The fourth-order valence-corrected chi connectivity index (χ4v) is 4.49. The third-order valence-electron chi connectivity index (χ3n) is 5.40. The minimum absolute atomic E-state index is 0.0833. The molecule has 2 saturated heterocycles. The summed E-state index contributed by atoms with van der Waals surface area (Å²) in [6, 6.07) is 10.4. The normalized spacial score (nSPS) is 34.3. The van der Waals surface area contributed by atoms with Gasteiger partial charge in [0.15, 0.2) is 0 Å². The maximum atomic E-state index is 6.15. The molecule has 4 rings (SSSR count). The minimum Gasteiger partial charge on any atom is -0.487 e. The summed E-state index contributed by atoms with van der Waals surface area (Å²) in [4.78, 5) is 2.67. The molecular weight excluding hydrogens is 260 g/mol. The number of benzene rings is 1. The van der Waals surface area contributed by atoms with Crippen LogP contribution in [0.15, 0.2) is 24.3 Å². The minimum atomic E-state index is -0.0833. The summed E-state index contributed by atoms with van der Waals surface area (Å²) in [5.74, 6) is 1.06. The standard InChI is InChI=1S/C18H26N2O/c1-18(2)12-15(13-6-3-4-8-17(13)21-18)19-14-9-11-20-10-5-7-16(14)20/h3-4,6,8,14-16,19H,5,7,9-12H2,1-2H3. The van der Waals surface area contributed by atoms with E-state index in [0.29, 0.717) is 12.1 Å². The van der Waals surface area contributed by atoms with E-state index in [1.165, 1.54) is 37.9 Å². The van der Waals surface area contributed by atoms with Crippen molar-refractivity contribution in [2.24, 2.45) is 0 Å². The van der Waals surface area contributed by atoms with E-state index in [9.17, 15) is 0 Å². The van der Waals surface area contributed by atoms with Gasteiger partial charge in [-0.25, -0.2) is 0 Å². The molecule has 3 atom stereocenters. The molecule has 3 aliphatic rings. The van der Waals surface area contributed by atoms with E-state index in [0.717, 1.165) is 18.2 Å². The average molecular weight is 286 g/mol. The summed E-state index contributed by atoms with van der Waals surface area (Å²) in [5.41, 5.74) is 1.26. The van der Waals surface area contributed by atoms with Crippen LogP contribution in [0.5, 0.6) is 5.75 Å². The van der Waals surface area contributed by atoms with Gasteiger partial charge in [0.2, 0.25) is 0 Å². The molecule has 3 heterocycles. The molecule has 1 N–H and O–H groups in total. The monoisotopic (exact) mass is 286 g/mol. The Morgan fingerprint density at radius 2 is 2.05 bits per heavy atom. The first-order valence-electron chi connectivity index (χ1n) is 8.40. The summed E-state index contributed by atoms with van der Waals surface area (Å²) < 4.78 is 6.15. The van der Waals surface area contributed by atoms with Gasteiger partial charge < -0.3 is 10.1 Å². The molecule has 0 aromatic heterocycles. The van der Waals surface area contributed by atoms with E-state index in [2.05, 4.69) is 48.3 Å². The smallest absolute Gasteiger partial charge is 0.124 e. The third-order valence-corrected chi connectivity index (χ3v) is 5.40. The van der Waals surface area contributed by atoms with Crippen LogP contribution in [-0.4, -0.2) is 35.7 Å². The van der Waals surface area contributed by atoms with Crippen LogP contribution >= 0.6 is 0 Å². The molecule has 0 aliphatic carbocycles. The van der Waals surface area contributed by atoms with Crippen molar-refractivity contribution >= 4 is 0 Å². The molecule has 114 valence electrons. The van der Waals surface area contributed by atoms with Crippen LogP contribution in [0.3, 0.4) is 0 Å². The second kappa shape index (κ2) is 4.99. The highest BCUT2D eigenvalue weighted by molar-refractivity contribution is 5.38. The summed E-state index contributed by atoms with van der Waals surface area (Å²) in [5, 5.41) is 3.98. The Balaban J connectivity index is 1.57. The second-order valence-electron chi connectivity index (χ2n) is 7.46. The van der Waals surface area contributed by atoms with Gasteiger partial charge in [0.1, 0.15) is 11.4 Å². The summed E-state index contributed by atoms with van der Waals surface area (Å²) in [6.07, 6.45) is 5.09. The largest absolute Gasteiger partial charge is 0.487 e. The molecule has 3 aliphatic heterocycles. The molecule has 0 bridgehead atoms. The van der Waals surface area contributed by atoms with Gasteiger partial charge in [-0.15, -0.1) is 0 Å². The predicted octanol–water partition coefficient (Wildman–Crippen LogP) is 3.12. The number of nitrogens with zero attached hydrogens (tertiary/aromatic N) is 1. The third kappa shape index (κ3) is 2.47. The lowest BCUT2D eigenvalue weighted by Gasteiger charge is -2.39. The van der Waals surface area contributed by atoms with Gasteiger partial charge in [-0.05, 0) is 45.7 Å². The van der Waals surface area contributed by atoms with Crippen LogP contribution in [-0.2, 0) is 0 Å². The maximum absolute atomic E-state index is 6.15. The van der Waals surface area contributed by atoms with E-state index in [1.54, 1.807) is 0 Å². The fraction of sp³-hybridized carbons (Fsp3) is 0.667. The Kier molecular flexibility index (Phi) is 3.23. The quantitative estimate of drug-likeness (QED) is 0.904. The van der Waals surface area contributed by atoms with Crippen molar-refractivity contribution in [1.29, 1.82) is 0 Å². The molecule has 3 heteroatoms. The first-order chi connectivity index (χ1) is 10.1. The number of rotatable bonds is 2. The van der Waals surface area contributed by atoms with Gasteiger partial charge in [-0.3, -0.25) is 4.90 Å². The zero-order valence-corrected chi connectivity index (χ0v) is 13.1.